The van der Waals surface area contributed by atoms with Gasteiger partial charge in [-0.15, -0.1) is 0 Å². The number of piperazine rings is 1. The van der Waals surface area contributed by atoms with Crippen LogP contribution in [0.5, 0.6) is 0 Å². The van der Waals surface area contributed by atoms with Crippen molar-refractivity contribution in [3.63, 3.8) is 0 Å². The van der Waals surface area contributed by atoms with E-state index in [0.29, 0.717) is 63.9 Å². The average Bonchev–Trinajstić information content (AvgIpc) is 3.39. The summed E-state index contributed by atoms with van der Waals surface area (Å²) in [5.74, 6) is 0.897. The molecular weight excluding hydrogens is 435 g/mol. The lowest BCUT2D eigenvalue weighted by molar-refractivity contribution is -0.143. The maximum Gasteiger partial charge on any atom is 0.244 e. The maximum absolute atomic E-state index is 14.0. The van der Waals surface area contributed by atoms with Gasteiger partial charge in [0.25, 0.3) is 0 Å². The highest BCUT2D eigenvalue weighted by Crippen LogP contribution is 2.37. The van der Waals surface area contributed by atoms with Crippen molar-refractivity contribution in [3.05, 3.63) is 71.9 Å². The Labute approximate surface area is 198 Å². The molecule has 178 valence electrons. The number of carbonyl (C=O) groups excluding carboxylic acids is 1. The molecule has 2 aliphatic heterocycles. The van der Waals surface area contributed by atoms with E-state index in [0.717, 1.165) is 11.1 Å². The molecule has 2 aliphatic rings. The third-order valence-corrected chi connectivity index (χ3v) is 7.11. The van der Waals surface area contributed by atoms with Gasteiger partial charge >= 0.3 is 0 Å². The van der Waals surface area contributed by atoms with Crippen LogP contribution in [0.15, 0.2) is 59.1 Å². The third-order valence-electron chi connectivity index (χ3n) is 7.11. The SMILES string of the molecule is CC(c1nc(-c2ccccc2)no1)N1CCN(C(=O)C2(c3cccc(F)c3)CCOCC2)CC1. The molecule has 0 N–H and O–H groups in total. The van der Waals surface area contributed by atoms with Crippen LogP contribution in [0.3, 0.4) is 0 Å². The second kappa shape index (κ2) is 9.64. The Balaban J connectivity index is 1.27. The summed E-state index contributed by atoms with van der Waals surface area (Å²) in [5.41, 5.74) is 0.931. The van der Waals surface area contributed by atoms with E-state index in [1.54, 1.807) is 6.07 Å². The van der Waals surface area contributed by atoms with Gasteiger partial charge in [-0.2, -0.15) is 4.98 Å². The fourth-order valence-electron chi connectivity index (χ4n) is 5.01. The first-order valence-corrected chi connectivity index (χ1v) is 11.8. The molecule has 3 heterocycles. The van der Waals surface area contributed by atoms with Gasteiger partial charge in [-0.3, -0.25) is 9.69 Å². The van der Waals surface area contributed by atoms with Crippen molar-refractivity contribution in [2.24, 2.45) is 0 Å². The van der Waals surface area contributed by atoms with Gasteiger partial charge < -0.3 is 14.2 Å². The number of benzene rings is 2. The molecule has 0 bridgehead atoms. The molecule has 1 amide bonds. The van der Waals surface area contributed by atoms with E-state index in [-0.39, 0.29) is 17.8 Å². The molecule has 0 spiro atoms. The fraction of sp³-hybridized carbons (Fsp3) is 0.423. The van der Waals surface area contributed by atoms with Gasteiger partial charge in [-0.1, -0.05) is 47.6 Å². The smallest absolute Gasteiger partial charge is 0.244 e. The highest BCUT2D eigenvalue weighted by atomic mass is 19.1. The standard InChI is InChI=1S/C26H29FN4O3/c1-19(24-28-23(29-34-24)20-6-3-2-4-7-20)30-12-14-31(15-13-30)25(32)26(10-16-33-17-11-26)21-8-5-9-22(27)18-21/h2-9,18-19H,10-17H2,1H3. The molecule has 5 rings (SSSR count). The number of hydrogen-bond donors (Lipinski definition) is 0. The predicted octanol–water partition coefficient (Wildman–Crippen LogP) is 3.83. The van der Waals surface area contributed by atoms with Gasteiger partial charge in [0.2, 0.25) is 17.6 Å². The van der Waals surface area contributed by atoms with Crippen LogP contribution < -0.4 is 0 Å². The van der Waals surface area contributed by atoms with E-state index in [1.165, 1.54) is 12.1 Å². The first-order chi connectivity index (χ1) is 16.6. The van der Waals surface area contributed by atoms with E-state index in [1.807, 2.05) is 48.2 Å². The maximum atomic E-state index is 14.0. The summed E-state index contributed by atoms with van der Waals surface area (Å²) < 4.78 is 25.1. The van der Waals surface area contributed by atoms with Gasteiger partial charge in [0, 0.05) is 45.0 Å². The summed E-state index contributed by atoms with van der Waals surface area (Å²) in [7, 11) is 0. The molecule has 1 aromatic heterocycles. The number of hydrogen-bond acceptors (Lipinski definition) is 6. The van der Waals surface area contributed by atoms with Crippen molar-refractivity contribution >= 4 is 5.91 Å². The Morgan fingerprint density at radius 1 is 1.03 bits per heavy atom. The van der Waals surface area contributed by atoms with Crippen LogP contribution in [-0.4, -0.2) is 65.2 Å². The van der Waals surface area contributed by atoms with Crippen LogP contribution in [0.4, 0.5) is 4.39 Å². The number of rotatable bonds is 5. The minimum atomic E-state index is -0.731. The van der Waals surface area contributed by atoms with Crippen molar-refractivity contribution < 1.29 is 18.4 Å². The molecule has 1 atom stereocenters. The molecular formula is C26H29FN4O3. The first kappa shape index (κ1) is 22.7. The molecule has 8 heteroatoms. The number of nitrogens with zero attached hydrogens (tertiary/aromatic N) is 4. The highest BCUT2D eigenvalue weighted by molar-refractivity contribution is 5.88. The molecule has 0 aliphatic carbocycles. The molecule has 2 saturated heterocycles. The van der Waals surface area contributed by atoms with E-state index in [9.17, 15) is 9.18 Å². The van der Waals surface area contributed by atoms with Crippen LogP contribution in [0, 0.1) is 5.82 Å². The summed E-state index contributed by atoms with van der Waals surface area (Å²) in [5, 5.41) is 4.14. The highest BCUT2D eigenvalue weighted by Gasteiger charge is 2.45. The van der Waals surface area contributed by atoms with Crippen LogP contribution in [0.1, 0.15) is 37.3 Å². The monoisotopic (exact) mass is 464 g/mol. The van der Waals surface area contributed by atoms with Gasteiger partial charge in [0.05, 0.1) is 11.5 Å². The van der Waals surface area contributed by atoms with Crippen molar-refractivity contribution in [3.8, 4) is 11.4 Å². The van der Waals surface area contributed by atoms with Crippen molar-refractivity contribution in [1.82, 2.24) is 19.9 Å². The molecule has 34 heavy (non-hydrogen) atoms. The summed E-state index contributed by atoms with van der Waals surface area (Å²) in [6, 6.07) is 16.2. The van der Waals surface area contributed by atoms with Crippen LogP contribution >= 0.6 is 0 Å². The number of ether oxygens (including phenoxy) is 1. The number of halogens is 1. The molecule has 0 saturated carbocycles. The van der Waals surface area contributed by atoms with Gasteiger partial charge in [0.15, 0.2) is 0 Å². The average molecular weight is 465 g/mol. The number of aromatic nitrogens is 2. The zero-order valence-electron chi connectivity index (χ0n) is 19.3. The Kier molecular flexibility index (Phi) is 6.43. The zero-order valence-corrected chi connectivity index (χ0v) is 19.3. The van der Waals surface area contributed by atoms with Gasteiger partial charge in [-0.25, -0.2) is 4.39 Å². The molecule has 3 aromatic rings. The lowest BCUT2D eigenvalue weighted by Crippen LogP contribution is -2.56. The topological polar surface area (TPSA) is 71.7 Å². The zero-order chi connectivity index (χ0) is 23.5. The van der Waals surface area contributed by atoms with Crippen LogP contribution in [-0.2, 0) is 14.9 Å². The molecule has 7 nitrogen and oxygen atoms in total. The van der Waals surface area contributed by atoms with E-state index in [4.69, 9.17) is 9.26 Å². The Hall–Kier alpha value is -3.10. The van der Waals surface area contributed by atoms with Crippen LogP contribution in [0.2, 0.25) is 0 Å². The lowest BCUT2D eigenvalue weighted by atomic mass is 9.73. The summed E-state index contributed by atoms with van der Waals surface area (Å²) in [4.78, 5) is 22.5. The molecule has 2 aromatic carbocycles. The number of amides is 1. The molecule has 0 radical (unpaired) electrons. The minimum Gasteiger partial charge on any atom is -0.381 e. The van der Waals surface area contributed by atoms with Gasteiger partial charge in [-0.05, 0) is 37.5 Å². The largest absolute Gasteiger partial charge is 0.381 e. The summed E-state index contributed by atoms with van der Waals surface area (Å²) in [6.07, 6.45) is 1.13. The summed E-state index contributed by atoms with van der Waals surface area (Å²) in [6.45, 7) is 5.64. The quantitative estimate of drug-likeness (QED) is 0.572. The Morgan fingerprint density at radius 3 is 2.47 bits per heavy atom. The first-order valence-electron chi connectivity index (χ1n) is 11.8. The second-order valence-electron chi connectivity index (χ2n) is 9.03. The predicted molar refractivity (Wildman–Crippen MR) is 124 cm³/mol. The summed E-state index contributed by atoms with van der Waals surface area (Å²) >= 11 is 0. The van der Waals surface area contributed by atoms with Crippen LogP contribution in [0.25, 0.3) is 11.4 Å². The fourth-order valence-corrected chi connectivity index (χ4v) is 5.01. The van der Waals surface area contributed by atoms with E-state index in [2.05, 4.69) is 15.0 Å². The second-order valence-corrected chi connectivity index (χ2v) is 9.03. The number of carbonyl (C=O) groups is 1. The Morgan fingerprint density at radius 2 is 1.76 bits per heavy atom. The molecule has 2 fully saturated rings. The molecule has 1 unspecified atom stereocenters. The van der Waals surface area contributed by atoms with Crippen molar-refractivity contribution in [1.29, 1.82) is 0 Å². The van der Waals surface area contributed by atoms with Crippen molar-refractivity contribution in [2.75, 3.05) is 39.4 Å². The Bertz CT molecular complexity index is 1120. The van der Waals surface area contributed by atoms with E-state index < -0.39 is 5.41 Å². The van der Waals surface area contributed by atoms with E-state index >= 15 is 0 Å². The third kappa shape index (κ3) is 4.35. The normalized spacial score (nSPS) is 19.6. The van der Waals surface area contributed by atoms with Gasteiger partial charge in [0.1, 0.15) is 5.82 Å². The minimum absolute atomic E-state index is 0.0533. The lowest BCUT2D eigenvalue weighted by Gasteiger charge is -2.43. The van der Waals surface area contributed by atoms with Crippen molar-refractivity contribution in [2.45, 2.75) is 31.2 Å².